The molecule has 4 aliphatic rings. The molecule has 3 saturated carbocycles. The number of carbonyl (C=O) groups excluding carboxylic acids is 4. The van der Waals surface area contributed by atoms with Crippen LogP contribution in [0.25, 0.3) is 0 Å². The Morgan fingerprint density at radius 1 is 1.02 bits per heavy atom. The zero-order valence-corrected chi connectivity index (χ0v) is 24.7. The predicted molar refractivity (Wildman–Crippen MR) is 152 cm³/mol. The molecule has 41 heavy (non-hydrogen) atoms. The van der Waals surface area contributed by atoms with Gasteiger partial charge in [-0.05, 0) is 62.5 Å². The van der Waals surface area contributed by atoms with Crippen molar-refractivity contribution >= 4 is 23.5 Å². The second-order valence-corrected chi connectivity index (χ2v) is 13.0. The highest BCUT2D eigenvalue weighted by atomic mass is 16.5. The van der Waals surface area contributed by atoms with Gasteiger partial charge in [-0.25, -0.2) is 0 Å². The van der Waals surface area contributed by atoms with Crippen LogP contribution in [0.4, 0.5) is 0 Å². The summed E-state index contributed by atoms with van der Waals surface area (Å²) < 4.78 is 10.4. The van der Waals surface area contributed by atoms with E-state index in [-0.39, 0.29) is 49.2 Å². The first kappa shape index (κ1) is 31.6. The van der Waals surface area contributed by atoms with Crippen molar-refractivity contribution in [2.24, 2.45) is 28.6 Å². The topological polar surface area (TPSA) is 127 Å². The molecule has 227 valence electrons. The summed E-state index contributed by atoms with van der Waals surface area (Å²) in [5.41, 5.74) is -1.95. The standard InChI is InChI=1S/C33H47O8/c1-4-5-6-7-8-9-18-40-28(37)12-13-29(38)41-21-27(36)33(39)17-15-25-24-11-10-22-19-23(34)14-16-31(22,2)30(24)26(35)20-32(25,33)3/h14,16,19,24-26,30,35,39H,1,4-13,15,17-18,20-21H2,2-3H3/t24?,25?,26-,30?,31-,32-,33-/m0/s1. The molecular formula is C33H47O8. The van der Waals surface area contributed by atoms with Crippen LogP contribution in [0.2, 0.25) is 0 Å². The molecule has 2 N–H and O–H groups in total. The molecule has 3 unspecified atom stereocenters. The molecule has 0 amide bonds. The molecule has 4 aliphatic carbocycles. The van der Waals surface area contributed by atoms with Gasteiger partial charge in [0.2, 0.25) is 5.78 Å². The van der Waals surface area contributed by atoms with Crippen molar-refractivity contribution in [1.29, 1.82) is 0 Å². The Balaban J connectivity index is 1.28. The number of hydrogen-bond acceptors (Lipinski definition) is 8. The van der Waals surface area contributed by atoms with E-state index in [9.17, 15) is 29.4 Å². The molecule has 0 aliphatic heterocycles. The maximum atomic E-state index is 13.4. The highest BCUT2D eigenvalue weighted by Crippen LogP contribution is 2.67. The fraction of sp³-hybridized carbons (Fsp3) is 0.727. The number of aliphatic hydroxyl groups is 2. The molecule has 8 heteroatoms. The predicted octanol–water partition coefficient (Wildman–Crippen LogP) is 4.61. The Kier molecular flexibility index (Phi) is 9.95. The van der Waals surface area contributed by atoms with Crippen LogP contribution in [0.15, 0.2) is 23.8 Å². The van der Waals surface area contributed by atoms with Crippen LogP contribution < -0.4 is 0 Å². The Labute approximate surface area is 243 Å². The van der Waals surface area contributed by atoms with E-state index in [0.717, 1.165) is 56.9 Å². The molecule has 0 aromatic heterocycles. The highest BCUT2D eigenvalue weighted by Gasteiger charge is 2.68. The number of ether oxygens (including phenoxy) is 2. The summed E-state index contributed by atoms with van der Waals surface area (Å²) in [6, 6.07) is 0. The van der Waals surface area contributed by atoms with Crippen LogP contribution in [-0.4, -0.2) is 58.6 Å². The van der Waals surface area contributed by atoms with Crippen molar-refractivity contribution in [1.82, 2.24) is 0 Å². The second kappa shape index (κ2) is 12.9. The van der Waals surface area contributed by atoms with Gasteiger partial charge in [-0.3, -0.25) is 19.2 Å². The van der Waals surface area contributed by atoms with Crippen molar-refractivity contribution in [2.45, 2.75) is 109 Å². The summed E-state index contributed by atoms with van der Waals surface area (Å²) in [5, 5.41) is 23.2. The van der Waals surface area contributed by atoms with E-state index in [1.807, 2.05) is 13.0 Å². The molecular weight excluding hydrogens is 524 g/mol. The minimum Gasteiger partial charge on any atom is -0.466 e. The van der Waals surface area contributed by atoms with Gasteiger partial charge in [-0.2, -0.15) is 0 Å². The van der Waals surface area contributed by atoms with Gasteiger partial charge in [-0.1, -0.05) is 64.5 Å². The number of carbonyl (C=O) groups is 4. The number of Topliss-reactive ketones (excluding diaryl/α,β-unsaturated/α-hetero) is 1. The molecule has 7 atom stereocenters. The monoisotopic (exact) mass is 571 g/mol. The molecule has 8 nitrogen and oxygen atoms in total. The van der Waals surface area contributed by atoms with E-state index in [0.29, 0.717) is 13.0 Å². The SMILES string of the molecule is [CH2]CCCCCCCOC(=O)CCC(=O)OCC(=O)[C@@]1(O)CCC2C3CCC4=CC(=O)C=C[C@]4(C)C3[C@@H](O)C[C@@]21C. The molecule has 0 spiro atoms. The number of allylic oxidation sites excluding steroid dienone is 4. The van der Waals surface area contributed by atoms with Gasteiger partial charge in [0.05, 0.1) is 25.6 Å². The largest absolute Gasteiger partial charge is 0.466 e. The number of esters is 2. The van der Waals surface area contributed by atoms with E-state index >= 15 is 0 Å². The molecule has 4 rings (SSSR count). The third-order valence-corrected chi connectivity index (χ3v) is 10.7. The Bertz CT molecular complexity index is 1080. The van der Waals surface area contributed by atoms with Crippen LogP contribution in [0.3, 0.4) is 0 Å². The summed E-state index contributed by atoms with van der Waals surface area (Å²) in [4.78, 5) is 49.6. The molecule has 0 heterocycles. The lowest BCUT2D eigenvalue weighted by molar-refractivity contribution is -0.181. The van der Waals surface area contributed by atoms with Crippen molar-refractivity contribution < 1.29 is 38.9 Å². The smallest absolute Gasteiger partial charge is 0.306 e. The number of aliphatic hydroxyl groups excluding tert-OH is 1. The van der Waals surface area contributed by atoms with Crippen LogP contribution in [0, 0.1) is 35.5 Å². The molecule has 0 aromatic carbocycles. The lowest BCUT2D eigenvalue weighted by atomic mass is 9.46. The lowest BCUT2D eigenvalue weighted by Gasteiger charge is -2.59. The van der Waals surface area contributed by atoms with Gasteiger partial charge in [0.15, 0.2) is 12.4 Å². The van der Waals surface area contributed by atoms with Gasteiger partial charge in [0.25, 0.3) is 0 Å². The van der Waals surface area contributed by atoms with E-state index in [2.05, 4.69) is 13.8 Å². The quantitative estimate of drug-likeness (QED) is 0.242. The van der Waals surface area contributed by atoms with Gasteiger partial charge >= 0.3 is 11.9 Å². The van der Waals surface area contributed by atoms with Crippen molar-refractivity contribution in [3.8, 4) is 0 Å². The summed E-state index contributed by atoms with van der Waals surface area (Å²) in [5.74, 6) is -1.74. The first-order chi connectivity index (χ1) is 19.5. The van der Waals surface area contributed by atoms with Crippen molar-refractivity contribution in [2.75, 3.05) is 13.2 Å². The third kappa shape index (κ3) is 6.24. The fourth-order valence-electron chi connectivity index (χ4n) is 8.40. The maximum Gasteiger partial charge on any atom is 0.306 e. The number of hydrogen-bond donors (Lipinski definition) is 2. The minimum absolute atomic E-state index is 0.0170. The average molecular weight is 572 g/mol. The number of fused-ring (bicyclic) bond motifs is 5. The zero-order chi connectivity index (χ0) is 29.8. The number of unbranched alkanes of at least 4 members (excludes halogenated alkanes) is 5. The minimum atomic E-state index is -1.72. The maximum absolute atomic E-state index is 13.4. The van der Waals surface area contributed by atoms with Crippen molar-refractivity contribution in [3.63, 3.8) is 0 Å². The van der Waals surface area contributed by atoms with Crippen LogP contribution in [0.1, 0.15) is 97.3 Å². The van der Waals surface area contributed by atoms with Gasteiger partial charge in [-0.15, -0.1) is 0 Å². The number of rotatable bonds is 13. The van der Waals surface area contributed by atoms with Crippen LogP contribution in [0.5, 0.6) is 0 Å². The average Bonchev–Trinajstić information content (AvgIpc) is 3.20. The summed E-state index contributed by atoms with van der Waals surface area (Å²) in [7, 11) is 0. The van der Waals surface area contributed by atoms with E-state index in [4.69, 9.17) is 9.47 Å². The highest BCUT2D eigenvalue weighted by molar-refractivity contribution is 6.01. The first-order valence-corrected chi connectivity index (χ1v) is 15.4. The summed E-state index contributed by atoms with van der Waals surface area (Å²) in [6.45, 7) is 7.53. The molecule has 0 aromatic rings. The first-order valence-electron chi connectivity index (χ1n) is 15.4. The van der Waals surface area contributed by atoms with Crippen molar-refractivity contribution in [3.05, 3.63) is 30.7 Å². The fourth-order valence-corrected chi connectivity index (χ4v) is 8.40. The van der Waals surface area contributed by atoms with Gasteiger partial charge in [0.1, 0.15) is 5.60 Å². The van der Waals surface area contributed by atoms with Crippen LogP contribution in [-0.2, 0) is 28.7 Å². The normalized spacial score (nSPS) is 35.6. The van der Waals surface area contributed by atoms with Gasteiger partial charge in [0, 0.05) is 16.7 Å². The van der Waals surface area contributed by atoms with Crippen LogP contribution >= 0.6 is 0 Å². The molecule has 3 fully saturated rings. The van der Waals surface area contributed by atoms with Gasteiger partial charge < -0.3 is 19.7 Å². The Hall–Kier alpha value is -2.32. The lowest BCUT2D eigenvalue weighted by Crippen LogP contribution is -2.61. The summed E-state index contributed by atoms with van der Waals surface area (Å²) in [6.07, 6.45) is 12.8. The second-order valence-electron chi connectivity index (χ2n) is 13.0. The third-order valence-electron chi connectivity index (χ3n) is 10.7. The van der Waals surface area contributed by atoms with E-state index < -0.39 is 46.9 Å². The van der Waals surface area contributed by atoms with E-state index in [1.54, 1.807) is 12.2 Å². The molecule has 1 radical (unpaired) electrons. The molecule has 0 bridgehead atoms. The zero-order valence-electron chi connectivity index (χ0n) is 24.7. The summed E-state index contributed by atoms with van der Waals surface area (Å²) >= 11 is 0. The number of ketones is 2. The van der Waals surface area contributed by atoms with E-state index in [1.165, 1.54) is 0 Å². The Morgan fingerprint density at radius 3 is 2.44 bits per heavy atom. The Morgan fingerprint density at radius 2 is 1.71 bits per heavy atom. The molecule has 0 saturated heterocycles.